The van der Waals surface area contributed by atoms with Gasteiger partial charge >= 0.3 is 11.9 Å². The van der Waals surface area contributed by atoms with E-state index in [2.05, 4.69) is 4.74 Å². The molecule has 0 aromatic carbocycles. The van der Waals surface area contributed by atoms with Crippen molar-refractivity contribution < 1.29 is 29.3 Å². The molecule has 7 heteroatoms. The summed E-state index contributed by atoms with van der Waals surface area (Å²) in [5.74, 6) is -3.08. The monoisotopic (exact) mass is 245 g/mol. The van der Waals surface area contributed by atoms with Gasteiger partial charge in [0.15, 0.2) is 0 Å². The number of nitrogens with two attached hydrogens (primary N) is 1. The second-order valence-corrected chi connectivity index (χ2v) is 4.07. The zero-order valence-electron chi connectivity index (χ0n) is 9.54. The van der Waals surface area contributed by atoms with Gasteiger partial charge in [-0.2, -0.15) is 0 Å². The third-order valence-electron chi connectivity index (χ3n) is 1.96. The van der Waals surface area contributed by atoms with Crippen LogP contribution in [0.4, 0.5) is 0 Å². The summed E-state index contributed by atoms with van der Waals surface area (Å²) in [6.45, 7) is 2.70. The molecule has 0 aromatic rings. The van der Waals surface area contributed by atoms with Crippen molar-refractivity contribution in [2.45, 2.75) is 20.0 Å². The van der Waals surface area contributed by atoms with E-state index in [0.717, 1.165) is 6.08 Å². The van der Waals surface area contributed by atoms with Gasteiger partial charge in [0, 0.05) is 17.6 Å². The van der Waals surface area contributed by atoms with Gasteiger partial charge in [-0.3, -0.25) is 4.79 Å². The van der Waals surface area contributed by atoms with E-state index >= 15 is 0 Å². The van der Waals surface area contributed by atoms with Crippen LogP contribution >= 0.6 is 0 Å². The quantitative estimate of drug-likeness (QED) is 0.408. The van der Waals surface area contributed by atoms with Gasteiger partial charge in [0.25, 0.3) is 0 Å². The number of carboxylic acids is 1. The molecule has 0 fully saturated rings. The van der Waals surface area contributed by atoms with Crippen LogP contribution in [0.2, 0.25) is 0 Å². The summed E-state index contributed by atoms with van der Waals surface area (Å²) in [6.07, 6.45) is -0.103. The second kappa shape index (κ2) is 6.00. The van der Waals surface area contributed by atoms with Crippen molar-refractivity contribution in [1.82, 2.24) is 0 Å². The van der Waals surface area contributed by atoms with E-state index < -0.39 is 29.4 Å². The number of hydrogen-bond acceptors (Lipinski definition) is 5. The van der Waals surface area contributed by atoms with Crippen LogP contribution in [0.15, 0.2) is 12.2 Å². The van der Waals surface area contributed by atoms with Gasteiger partial charge in [-0.1, -0.05) is 13.8 Å². The lowest BCUT2D eigenvalue weighted by Crippen LogP contribution is -2.43. The Labute approximate surface area is 97.9 Å². The first-order valence-electron chi connectivity index (χ1n) is 4.72. The molecule has 0 aliphatic heterocycles. The molecule has 0 aliphatic carbocycles. The predicted molar refractivity (Wildman–Crippen MR) is 56.7 cm³/mol. The van der Waals surface area contributed by atoms with Crippen LogP contribution in [-0.2, 0) is 19.1 Å². The molecule has 1 atom stereocenters. The van der Waals surface area contributed by atoms with Crippen molar-refractivity contribution in [2.75, 3.05) is 6.61 Å². The topological polar surface area (TPSA) is 127 Å². The van der Waals surface area contributed by atoms with Crippen molar-refractivity contribution in [3.63, 3.8) is 0 Å². The molecule has 0 rings (SSSR count). The van der Waals surface area contributed by atoms with Gasteiger partial charge in [-0.15, -0.1) is 0 Å². The Kier molecular flexibility index (Phi) is 5.33. The number of carboxylic acid groups (broad SMARTS) is 1. The Bertz CT molecular complexity index is 347. The third-order valence-corrected chi connectivity index (χ3v) is 1.96. The maximum Gasteiger partial charge on any atom is 0.331 e. The summed E-state index contributed by atoms with van der Waals surface area (Å²) in [4.78, 5) is 31.9. The average molecular weight is 245 g/mol. The number of esters is 1. The van der Waals surface area contributed by atoms with E-state index in [9.17, 15) is 19.5 Å². The number of aliphatic hydroxyl groups is 1. The van der Waals surface area contributed by atoms with Crippen LogP contribution in [0.25, 0.3) is 0 Å². The molecule has 0 aliphatic rings. The van der Waals surface area contributed by atoms with E-state index in [4.69, 9.17) is 10.8 Å². The summed E-state index contributed by atoms with van der Waals surface area (Å²) in [6, 6.07) is 0. The van der Waals surface area contributed by atoms with Crippen molar-refractivity contribution in [3.05, 3.63) is 12.2 Å². The molecule has 0 bridgehead atoms. The first kappa shape index (κ1) is 15.1. The number of rotatable bonds is 6. The lowest BCUT2D eigenvalue weighted by molar-refractivity contribution is -0.148. The van der Waals surface area contributed by atoms with Crippen LogP contribution in [0.5, 0.6) is 0 Å². The number of amides is 1. The first-order chi connectivity index (χ1) is 7.66. The van der Waals surface area contributed by atoms with Gasteiger partial charge in [-0.05, 0) is 0 Å². The minimum atomic E-state index is -1.46. The van der Waals surface area contributed by atoms with Crippen molar-refractivity contribution in [2.24, 2.45) is 11.1 Å². The van der Waals surface area contributed by atoms with Gasteiger partial charge in [0.05, 0.1) is 6.61 Å². The highest BCUT2D eigenvalue weighted by atomic mass is 16.5. The number of ether oxygens (including phenoxy) is 1. The molecule has 1 amide bonds. The Morgan fingerprint density at radius 2 is 1.88 bits per heavy atom. The number of carbonyl (C=O) groups excluding carboxylic acids is 2. The van der Waals surface area contributed by atoms with Gasteiger partial charge < -0.3 is 20.7 Å². The molecule has 4 N–H and O–H groups in total. The standard InChI is InChI=1S/C10H15NO6/c1-10(2,8(15)9(11)16)5-17-7(14)4-3-6(12)13/h3-4,8,15H,5H2,1-2H3,(H2,11,16)(H,12,13)/b4-3+/t8-/m0/s1. The molecule has 0 heterocycles. The summed E-state index contributed by atoms with van der Waals surface area (Å²) in [7, 11) is 0. The lowest BCUT2D eigenvalue weighted by Gasteiger charge is -2.27. The maximum absolute atomic E-state index is 11.0. The Hall–Kier alpha value is -1.89. The van der Waals surface area contributed by atoms with E-state index in [1.54, 1.807) is 0 Å². The SMILES string of the molecule is CC(C)(COC(=O)/C=C/C(=O)O)[C@@H](O)C(N)=O. The van der Waals surface area contributed by atoms with Gasteiger partial charge in [-0.25, -0.2) is 9.59 Å². The number of aliphatic hydroxyl groups excluding tert-OH is 1. The molecule has 0 saturated carbocycles. The predicted octanol–water partition coefficient (Wildman–Crippen LogP) is -0.957. The molecule has 7 nitrogen and oxygen atoms in total. The zero-order chi connectivity index (χ0) is 13.6. The normalized spacial score (nSPS) is 13.4. The van der Waals surface area contributed by atoms with E-state index in [1.807, 2.05) is 0 Å². The van der Waals surface area contributed by atoms with Gasteiger partial charge in [0.2, 0.25) is 5.91 Å². The highest BCUT2D eigenvalue weighted by Crippen LogP contribution is 2.20. The molecule has 0 unspecified atom stereocenters. The van der Waals surface area contributed by atoms with E-state index in [1.165, 1.54) is 13.8 Å². The minimum Gasteiger partial charge on any atom is -0.478 e. The molecule has 0 aromatic heterocycles. The zero-order valence-corrected chi connectivity index (χ0v) is 9.54. The second-order valence-electron chi connectivity index (χ2n) is 4.07. The highest BCUT2D eigenvalue weighted by molar-refractivity contribution is 5.90. The van der Waals surface area contributed by atoms with E-state index in [0.29, 0.717) is 6.08 Å². The number of hydrogen-bond donors (Lipinski definition) is 3. The molecule has 0 radical (unpaired) electrons. The summed E-state index contributed by atoms with van der Waals surface area (Å²) in [5, 5.41) is 17.7. The fraction of sp³-hybridized carbons (Fsp3) is 0.500. The summed E-state index contributed by atoms with van der Waals surface area (Å²) < 4.78 is 4.67. The lowest BCUT2D eigenvalue weighted by atomic mass is 9.87. The fourth-order valence-electron chi connectivity index (χ4n) is 0.909. The van der Waals surface area contributed by atoms with E-state index in [-0.39, 0.29) is 6.61 Å². The largest absolute Gasteiger partial charge is 0.478 e. The smallest absolute Gasteiger partial charge is 0.331 e. The molecular formula is C10H15NO6. The van der Waals surface area contributed by atoms with Crippen molar-refractivity contribution >= 4 is 17.8 Å². The molecular weight excluding hydrogens is 230 g/mol. The summed E-state index contributed by atoms with van der Waals surface area (Å²) >= 11 is 0. The van der Waals surface area contributed by atoms with Crippen LogP contribution in [-0.4, -0.2) is 40.8 Å². The van der Waals surface area contributed by atoms with Crippen LogP contribution in [0, 0.1) is 5.41 Å². The van der Waals surface area contributed by atoms with Crippen LogP contribution < -0.4 is 5.73 Å². The van der Waals surface area contributed by atoms with Crippen molar-refractivity contribution in [3.8, 4) is 0 Å². The van der Waals surface area contributed by atoms with Gasteiger partial charge in [0.1, 0.15) is 6.10 Å². The van der Waals surface area contributed by atoms with Crippen LogP contribution in [0.1, 0.15) is 13.8 Å². The number of carbonyl (C=O) groups is 3. The van der Waals surface area contributed by atoms with Crippen molar-refractivity contribution in [1.29, 1.82) is 0 Å². The number of aliphatic carboxylic acids is 1. The average Bonchev–Trinajstić information content (AvgIpc) is 2.22. The number of primary amides is 1. The summed E-state index contributed by atoms with van der Waals surface area (Å²) in [5.41, 5.74) is 3.86. The molecule has 0 spiro atoms. The Morgan fingerprint density at radius 3 is 2.29 bits per heavy atom. The first-order valence-corrected chi connectivity index (χ1v) is 4.72. The minimum absolute atomic E-state index is 0.264. The molecule has 96 valence electrons. The molecule has 0 saturated heterocycles. The Balaban J connectivity index is 4.32. The fourth-order valence-corrected chi connectivity index (χ4v) is 0.909. The third kappa shape index (κ3) is 5.67. The highest BCUT2D eigenvalue weighted by Gasteiger charge is 2.33. The molecule has 17 heavy (non-hydrogen) atoms. The maximum atomic E-state index is 11.0. The Morgan fingerprint density at radius 1 is 1.35 bits per heavy atom. The van der Waals surface area contributed by atoms with Crippen LogP contribution in [0.3, 0.4) is 0 Å².